The molecule has 1 unspecified atom stereocenters. The van der Waals surface area contributed by atoms with E-state index in [0.717, 1.165) is 42.8 Å². The molecule has 0 saturated carbocycles. The number of carbonyl (C=O) groups excluding carboxylic acids is 2. The van der Waals surface area contributed by atoms with Crippen LogP contribution in [0.2, 0.25) is 0 Å². The van der Waals surface area contributed by atoms with E-state index < -0.39 is 0 Å². The van der Waals surface area contributed by atoms with Crippen LogP contribution in [0.15, 0.2) is 30.3 Å². The summed E-state index contributed by atoms with van der Waals surface area (Å²) < 4.78 is 2.02. The third-order valence-corrected chi connectivity index (χ3v) is 6.44. The van der Waals surface area contributed by atoms with Gasteiger partial charge in [0.2, 0.25) is 11.8 Å². The molecule has 2 amide bonds. The standard InChI is InChI=1S/C26H35N5O2/c1-18(2)26(33)28-14-22-11-8-12-30(15-22)17-24(32)29-25-23(13-27)19(3)20(4)31(25)16-21-9-6-5-7-10-21/h5-7,9-10,18,22H,8,11-12,14-17H2,1-4H3,(H,28,33)(H,29,32). The predicted molar refractivity (Wildman–Crippen MR) is 130 cm³/mol. The van der Waals surface area contributed by atoms with E-state index in [1.807, 2.05) is 62.6 Å². The van der Waals surface area contributed by atoms with Gasteiger partial charge in [-0.2, -0.15) is 5.26 Å². The molecule has 33 heavy (non-hydrogen) atoms. The summed E-state index contributed by atoms with van der Waals surface area (Å²) in [4.78, 5) is 27.0. The highest BCUT2D eigenvalue weighted by Gasteiger charge is 2.24. The Labute approximate surface area is 196 Å². The second-order valence-electron chi connectivity index (χ2n) is 9.31. The van der Waals surface area contributed by atoms with Gasteiger partial charge in [-0.05, 0) is 50.3 Å². The van der Waals surface area contributed by atoms with Gasteiger partial charge in [-0.3, -0.25) is 14.5 Å². The number of rotatable bonds is 8. The molecule has 176 valence electrons. The smallest absolute Gasteiger partial charge is 0.239 e. The second kappa shape index (κ2) is 11.2. The lowest BCUT2D eigenvalue weighted by Gasteiger charge is -2.32. The molecule has 0 aliphatic carbocycles. The Bertz CT molecular complexity index is 1020. The highest BCUT2D eigenvalue weighted by molar-refractivity contribution is 5.93. The Morgan fingerprint density at radius 3 is 2.61 bits per heavy atom. The maximum Gasteiger partial charge on any atom is 0.239 e. The van der Waals surface area contributed by atoms with Gasteiger partial charge in [0.1, 0.15) is 11.9 Å². The van der Waals surface area contributed by atoms with Crippen LogP contribution in [0.4, 0.5) is 5.82 Å². The minimum atomic E-state index is -0.120. The number of hydrogen-bond acceptors (Lipinski definition) is 4. The molecule has 0 radical (unpaired) electrons. The third-order valence-electron chi connectivity index (χ3n) is 6.44. The number of aromatic nitrogens is 1. The quantitative estimate of drug-likeness (QED) is 0.646. The largest absolute Gasteiger partial charge is 0.356 e. The Hall–Kier alpha value is -3.11. The van der Waals surface area contributed by atoms with Crippen molar-refractivity contribution in [3.05, 3.63) is 52.7 Å². The van der Waals surface area contributed by atoms with Gasteiger partial charge in [0.15, 0.2) is 0 Å². The zero-order chi connectivity index (χ0) is 24.0. The van der Waals surface area contributed by atoms with Gasteiger partial charge < -0.3 is 15.2 Å². The number of nitrogens with one attached hydrogen (secondary N) is 2. The molecule has 1 saturated heterocycles. The van der Waals surface area contributed by atoms with Gasteiger partial charge in [0.25, 0.3) is 0 Å². The topological polar surface area (TPSA) is 90.2 Å². The molecule has 1 fully saturated rings. The molecule has 0 spiro atoms. The first-order valence-corrected chi connectivity index (χ1v) is 11.7. The number of likely N-dealkylation sites (tertiary alicyclic amines) is 1. The Morgan fingerprint density at radius 2 is 1.94 bits per heavy atom. The van der Waals surface area contributed by atoms with E-state index in [2.05, 4.69) is 21.6 Å². The average molecular weight is 450 g/mol. The van der Waals surface area contributed by atoms with Crippen LogP contribution in [-0.4, -0.2) is 47.5 Å². The summed E-state index contributed by atoms with van der Waals surface area (Å²) in [6.45, 7) is 10.8. The van der Waals surface area contributed by atoms with E-state index in [9.17, 15) is 14.9 Å². The number of hydrogen-bond donors (Lipinski definition) is 2. The number of carbonyl (C=O) groups is 2. The summed E-state index contributed by atoms with van der Waals surface area (Å²) in [6.07, 6.45) is 2.05. The van der Waals surface area contributed by atoms with Crippen LogP contribution in [0, 0.1) is 37.0 Å². The summed E-state index contributed by atoms with van der Waals surface area (Å²) in [5.41, 5.74) is 3.50. The second-order valence-corrected chi connectivity index (χ2v) is 9.31. The van der Waals surface area contributed by atoms with Crippen molar-refractivity contribution in [1.29, 1.82) is 5.26 Å². The zero-order valence-corrected chi connectivity index (χ0v) is 20.1. The Kier molecular flexibility index (Phi) is 8.29. The molecule has 2 aromatic rings. The van der Waals surface area contributed by atoms with Crippen molar-refractivity contribution in [3.8, 4) is 6.07 Å². The van der Waals surface area contributed by atoms with E-state index >= 15 is 0 Å². The van der Waals surface area contributed by atoms with E-state index in [1.165, 1.54) is 0 Å². The molecule has 1 aliphatic heterocycles. The number of nitrogens with zero attached hydrogens (tertiary/aromatic N) is 3. The van der Waals surface area contributed by atoms with Crippen LogP contribution >= 0.6 is 0 Å². The van der Waals surface area contributed by atoms with Crippen LogP contribution in [0.3, 0.4) is 0 Å². The highest BCUT2D eigenvalue weighted by atomic mass is 16.2. The molecule has 0 bridgehead atoms. The molecule has 1 aliphatic rings. The van der Waals surface area contributed by atoms with Crippen molar-refractivity contribution in [2.45, 2.75) is 47.1 Å². The monoisotopic (exact) mass is 449 g/mol. The van der Waals surface area contributed by atoms with Gasteiger partial charge >= 0.3 is 0 Å². The Morgan fingerprint density at radius 1 is 1.21 bits per heavy atom. The van der Waals surface area contributed by atoms with Gasteiger partial charge in [-0.15, -0.1) is 0 Å². The molecule has 2 N–H and O–H groups in total. The van der Waals surface area contributed by atoms with E-state index in [1.54, 1.807) is 0 Å². The molecule has 2 heterocycles. The summed E-state index contributed by atoms with van der Waals surface area (Å²) in [5, 5.41) is 15.8. The maximum absolute atomic E-state index is 13.0. The first kappa shape index (κ1) is 24.5. The molecular weight excluding hydrogens is 414 g/mol. The number of piperidine rings is 1. The number of benzene rings is 1. The lowest BCUT2D eigenvalue weighted by Crippen LogP contribution is -2.44. The van der Waals surface area contributed by atoms with Crippen molar-refractivity contribution in [3.63, 3.8) is 0 Å². The molecule has 1 aromatic heterocycles. The molecule has 1 aromatic carbocycles. The number of anilines is 1. The molecule has 7 nitrogen and oxygen atoms in total. The van der Waals surface area contributed by atoms with E-state index in [-0.39, 0.29) is 24.3 Å². The fourth-order valence-corrected chi connectivity index (χ4v) is 4.38. The van der Waals surface area contributed by atoms with Crippen LogP contribution in [-0.2, 0) is 16.1 Å². The number of nitriles is 1. The SMILES string of the molecule is Cc1c(C#N)c(NC(=O)CN2CCCC(CNC(=O)C(C)C)C2)n(Cc2ccccc2)c1C. The van der Waals surface area contributed by atoms with Gasteiger partial charge in [-0.25, -0.2) is 0 Å². The van der Waals surface area contributed by atoms with E-state index in [4.69, 9.17) is 0 Å². The van der Waals surface area contributed by atoms with Gasteiger partial charge in [0.05, 0.1) is 12.1 Å². The molecule has 7 heteroatoms. The number of amides is 2. The first-order chi connectivity index (χ1) is 15.8. The third kappa shape index (κ3) is 6.23. The molecule has 3 rings (SSSR count). The predicted octanol–water partition coefficient (Wildman–Crippen LogP) is 3.45. The minimum absolute atomic E-state index is 0.0242. The lowest BCUT2D eigenvalue weighted by atomic mass is 9.97. The fraction of sp³-hybridized carbons (Fsp3) is 0.500. The van der Waals surface area contributed by atoms with Crippen molar-refractivity contribution in [2.24, 2.45) is 11.8 Å². The van der Waals surface area contributed by atoms with Crippen LogP contribution < -0.4 is 10.6 Å². The first-order valence-electron chi connectivity index (χ1n) is 11.7. The van der Waals surface area contributed by atoms with Crippen LogP contribution in [0.25, 0.3) is 0 Å². The maximum atomic E-state index is 13.0. The lowest BCUT2D eigenvalue weighted by molar-refractivity contribution is -0.124. The van der Waals surface area contributed by atoms with Crippen molar-refractivity contribution in [2.75, 3.05) is 31.5 Å². The summed E-state index contributed by atoms with van der Waals surface area (Å²) in [7, 11) is 0. The zero-order valence-electron chi connectivity index (χ0n) is 20.1. The summed E-state index contributed by atoms with van der Waals surface area (Å²) in [5.74, 6) is 0.835. The normalized spacial score (nSPS) is 16.4. The summed E-state index contributed by atoms with van der Waals surface area (Å²) in [6, 6.07) is 12.3. The van der Waals surface area contributed by atoms with E-state index in [0.29, 0.717) is 30.4 Å². The molecular formula is C26H35N5O2. The van der Waals surface area contributed by atoms with Gasteiger partial charge in [0, 0.05) is 31.2 Å². The fourth-order valence-electron chi connectivity index (χ4n) is 4.38. The van der Waals surface area contributed by atoms with Crippen molar-refractivity contribution < 1.29 is 9.59 Å². The van der Waals surface area contributed by atoms with Crippen molar-refractivity contribution >= 4 is 17.6 Å². The van der Waals surface area contributed by atoms with Gasteiger partial charge in [-0.1, -0.05) is 44.2 Å². The molecule has 1 atom stereocenters. The van der Waals surface area contributed by atoms with Crippen LogP contribution in [0.5, 0.6) is 0 Å². The highest BCUT2D eigenvalue weighted by Crippen LogP contribution is 2.27. The van der Waals surface area contributed by atoms with Crippen molar-refractivity contribution in [1.82, 2.24) is 14.8 Å². The average Bonchev–Trinajstić information content (AvgIpc) is 3.01. The Balaban J connectivity index is 1.67. The van der Waals surface area contributed by atoms with Crippen LogP contribution in [0.1, 0.15) is 49.1 Å². The summed E-state index contributed by atoms with van der Waals surface area (Å²) >= 11 is 0. The minimum Gasteiger partial charge on any atom is -0.356 e.